The van der Waals surface area contributed by atoms with E-state index in [1.807, 2.05) is 13.8 Å². The summed E-state index contributed by atoms with van der Waals surface area (Å²) in [6.07, 6.45) is 1.53. The molecule has 0 bridgehead atoms. The lowest BCUT2D eigenvalue weighted by molar-refractivity contribution is 0.103. The molecule has 0 radical (unpaired) electrons. The Morgan fingerprint density at radius 2 is 1.85 bits per heavy atom. The second-order valence-electron chi connectivity index (χ2n) is 5.97. The molecule has 0 saturated heterocycles. The highest BCUT2D eigenvalue weighted by Crippen LogP contribution is 2.32. The van der Waals surface area contributed by atoms with E-state index in [2.05, 4.69) is 4.72 Å². The van der Waals surface area contributed by atoms with E-state index >= 15 is 0 Å². The van der Waals surface area contributed by atoms with Gasteiger partial charge in [0.15, 0.2) is 5.78 Å². The molecule has 0 aliphatic carbocycles. The number of phenols is 1. The zero-order valence-electron chi connectivity index (χ0n) is 15.1. The van der Waals surface area contributed by atoms with E-state index in [1.54, 1.807) is 24.3 Å². The number of carbonyl (C=O) groups excluding carboxylic acids is 1. The highest BCUT2D eigenvalue weighted by Gasteiger charge is 2.24. The van der Waals surface area contributed by atoms with Crippen molar-refractivity contribution >= 4 is 15.8 Å². The van der Waals surface area contributed by atoms with Gasteiger partial charge in [0, 0.05) is 18.2 Å². The third-order valence-corrected chi connectivity index (χ3v) is 5.43. The fourth-order valence-corrected chi connectivity index (χ4v) is 3.67. The van der Waals surface area contributed by atoms with Crippen molar-refractivity contribution in [1.29, 1.82) is 0 Å². The van der Waals surface area contributed by atoms with Crippen molar-refractivity contribution in [3.63, 3.8) is 0 Å². The van der Waals surface area contributed by atoms with Gasteiger partial charge in [0.2, 0.25) is 10.0 Å². The molecule has 0 unspecified atom stereocenters. The minimum Gasteiger partial charge on any atom is -0.507 e. The molecule has 2 aromatic carbocycles. The molecule has 7 heteroatoms. The number of ether oxygens (including phenoxy) is 1. The van der Waals surface area contributed by atoms with Crippen LogP contribution in [0.1, 0.15) is 41.3 Å². The predicted octanol–water partition coefficient (Wildman–Crippen LogP) is 3.02. The molecule has 140 valence electrons. The fourth-order valence-electron chi connectivity index (χ4n) is 2.42. The number of rotatable bonds is 8. The molecule has 0 aliphatic heterocycles. The Kier molecular flexibility index (Phi) is 6.39. The van der Waals surface area contributed by atoms with Crippen LogP contribution in [0.5, 0.6) is 11.5 Å². The predicted molar refractivity (Wildman–Crippen MR) is 99.4 cm³/mol. The van der Waals surface area contributed by atoms with Crippen molar-refractivity contribution in [3.05, 3.63) is 53.1 Å². The Hall–Kier alpha value is -2.38. The van der Waals surface area contributed by atoms with E-state index in [0.717, 1.165) is 24.1 Å². The second-order valence-corrected chi connectivity index (χ2v) is 7.70. The van der Waals surface area contributed by atoms with Crippen molar-refractivity contribution in [2.45, 2.75) is 31.6 Å². The van der Waals surface area contributed by atoms with Gasteiger partial charge in [0.25, 0.3) is 0 Å². The van der Waals surface area contributed by atoms with Crippen LogP contribution in [0.4, 0.5) is 0 Å². The second kappa shape index (κ2) is 8.33. The summed E-state index contributed by atoms with van der Waals surface area (Å²) >= 11 is 0. The van der Waals surface area contributed by atoms with Crippen LogP contribution in [0.3, 0.4) is 0 Å². The molecular formula is C19H23NO5S. The fraction of sp³-hybridized carbons (Fsp3) is 0.316. The maximum atomic E-state index is 12.7. The zero-order valence-corrected chi connectivity index (χ0v) is 15.9. The minimum atomic E-state index is -3.88. The Labute approximate surface area is 153 Å². The summed E-state index contributed by atoms with van der Waals surface area (Å²) in [4.78, 5) is 12.5. The van der Waals surface area contributed by atoms with Crippen LogP contribution in [-0.2, 0) is 10.0 Å². The first-order chi connectivity index (χ1) is 12.3. The number of aryl methyl sites for hydroxylation is 1. The number of phenolic OH excluding ortho intramolecular Hbond substituents is 1. The van der Waals surface area contributed by atoms with Gasteiger partial charge in [-0.2, -0.15) is 0 Å². The molecule has 0 atom stereocenters. The van der Waals surface area contributed by atoms with Crippen molar-refractivity contribution in [1.82, 2.24) is 4.72 Å². The summed E-state index contributed by atoms with van der Waals surface area (Å²) < 4.78 is 32.7. The lowest BCUT2D eigenvalue weighted by atomic mass is 10.0. The Bertz CT molecular complexity index is 889. The first-order valence-electron chi connectivity index (χ1n) is 8.32. The molecule has 2 rings (SSSR count). The lowest BCUT2D eigenvalue weighted by Gasteiger charge is -2.13. The van der Waals surface area contributed by atoms with Gasteiger partial charge in [-0.15, -0.1) is 0 Å². The zero-order chi connectivity index (χ0) is 19.3. The van der Waals surface area contributed by atoms with Crippen LogP contribution in [-0.4, -0.2) is 33.0 Å². The Balaban J connectivity index is 2.48. The molecule has 2 aromatic rings. The van der Waals surface area contributed by atoms with Gasteiger partial charge >= 0.3 is 0 Å². The van der Waals surface area contributed by atoms with E-state index in [4.69, 9.17) is 4.74 Å². The van der Waals surface area contributed by atoms with E-state index in [1.165, 1.54) is 7.11 Å². The maximum absolute atomic E-state index is 12.7. The average Bonchev–Trinajstić information content (AvgIpc) is 2.61. The molecule has 0 aliphatic rings. The minimum absolute atomic E-state index is 0.0213. The summed E-state index contributed by atoms with van der Waals surface area (Å²) in [6.45, 7) is 4.13. The number of methoxy groups -OCH3 is 1. The van der Waals surface area contributed by atoms with Crippen LogP contribution in [0.2, 0.25) is 0 Å². The third kappa shape index (κ3) is 4.42. The molecule has 26 heavy (non-hydrogen) atoms. The number of nitrogens with one attached hydrogen (secondary N) is 1. The van der Waals surface area contributed by atoms with Gasteiger partial charge in [-0.1, -0.05) is 43.2 Å². The Morgan fingerprint density at radius 3 is 2.42 bits per heavy atom. The number of hydrogen-bond acceptors (Lipinski definition) is 5. The summed E-state index contributed by atoms with van der Waals surface area (Å²) in [7, 11) is -2.57. The molecule has 0 fully saturated rings. The molecule has 0 amide bonds. The molecule has 2 N–H and O–H groups in total. The van der Waals surface area contributed by atoms with Crippen LogP contribution >= 0.6 is 0 Å². The van der Waals surface area contributed by atoms with Crippen molar-refractivity contribution in [2.75, 3.05) is 13.7 Å². The smallest absolute Gasteiger partial charge is 0.244 e. The molecule has 0 spiro atoms. The van der Waals surface area contributed by atoms with Crippen LogP contribution in [0, 0.1) is 6.92 Å². The van der Waals surface area contributed by atoms with Crippen molar-refractivity contribution in [2.24, 2.45) is 0 Å². The molecular weight excluding hydrogens is 354 g/mol. The normalized spacial score (nSPS) is 11.3. The number of sulfonamides is 1. The number of benzene rings is 2. The van der Waals surface area contributed by atoms with Gasteiger partial charge in [0.1, 0.15) is 16.4 Å². The van der Waals surface area contributed by atoms with Crippen LogP contribution < -0.4 is 9.46 Å². The summed E-state index contributed by atoms with van der Waals surface area (Å²) in [5.74, 6) is -0.818. The molecule has 6 nitrogen and oxygen atoms in total. The molecule has 0 aromatic heterocycles. The van der Waals surface area contributed by atoms with E-state index in [9.17, 15) is 18.3 Å². The highest BCUT2D eigenvalue weighted by atomic mass is 32.2. The first-order valence-corrected chi connectivity index (χ1v) is 9.80. The van der Waals surface area contributed by atoms with Crippen molar-refractivity contribution < 1.29 is 23.1 Å². The van der Waals surface area contributed by atoms with Crippen LogP contribution in [0.15, 0.2) is 41.3 Å². The monoisotopic (exact) mass is 377 g/mol. The lowest BCUT2D eigenvalue weighted by Crippen LogP contribution is -2.25. The van der Waals surface area contributed by atoms with E-state index < -0.39 is 15.8 Å². The summed E-state index contributed by atoms with van der Waals surface area (Å²) in [6, 6.07) is 9.12. The van der Waals surface area contributed by atoms with Gasteiger partial charge in [-0.3, -0.25) is 4.79 Å². The van der Waals surface area contributed by atoms with Crippen LogP contribution in [0.25, 0.3) is 0 Å². The first kappa shape index (κ1) is 19.9. The Morgan fingerprint density at radius 1 is 1.19 bits per heavy atom. The summed E-state index contributed by atoms with van der Waals surface area (Å²) in [5.41, 5.74) is 1.26. The van der Waals surface area contributed by atoms with E-state index in [-0.39, 0.29) is 28.5 Å². The highest BCUT2D eigenvalue weighted by molar-refractivity contribution is 7.89. The largest absolute Gasteiger partial charge is 0.507 e. The number of ketones is 1. The number of hydrogen-bond donors (Lipinski definition) is 2. The third-order valence-electron chi connectivity index (χ3n) is 3.95. The molecule has 0 heterocycles. The standard InChI is InChI=1S/C19H23NO5S/c1-4-5-10-20-26(23,24)18-11-15(16(21)12-17(18)25-3)19(22)14-8-6-13(2)7-9-14/h6-9,11-12,20-21H,4-5,10H2,1-3H3. The summed E-state index contributed by atoms with van der Waals surface area (Å²) in [5, 5.41) is 10.2. The SMILES string of the molecule is CCCCNS(=O)(=O)c1cc(C(=O)c2ccc(C)cc2)c(O)cc1OC. The number of carbonyl (C=O) groups is 1. The van der Waals surface area contributed by atoms with Gasteiger partial charge in [-0.25, -0.2) is 13.1 Å². The quantitative estimate of drug-likeness (QED) is 0.545. The van der Waals surface area contributed by atoms with Gasteiger partial charge in [0.05, 0.1) is 12.7 Å². The maximum Gasteiger partial charge on any atom is 0.244 e. The van der Waals surface area contributed by atoms with Gasteiger partial charge in [-0.05, 0) is 19.4 Å². The average molecular weight is 377 g/mol. The van der Waals surface area contributed by atoms with E-state index in [0.29, 0.717) is 12.0 Å². The van der Waals surface area contributed by atoms with Crippen molar-refractivity contribution in [3.8, 4) is 11.5 Å². The number of aromatic hydroxyl groups is 1. The topological polar surface area (TPSA) is 92.7 Å². The molecule has 0 saturated carbocycles. The number of unbranched alkanes of at least 4 members (excludes halogenated alkanes) is 1. The van der Waals surface area contributed by atoms with Gasteiger partial charge < -0.3 is 9.84 Å².